The molecule has 0 saturated heterocycles. The van der Waals surface area contributed by atoms with Gasteiger partial charge in [0.2, 0.25) is 0 Å². The molecule has 0 unspecified atom stereocenters. The van der Waals surface area contributed by atoms with Gasteiger partial charge in [0, 0.05) is 5.41 Å². The molecule has 3 nitrogen and oxygen atoms in total. The van der Waals surface area contributed by atoms with Gasteiger partial charge in [-0.1, -0.05) is 20.8 Å². The molecule has 1 rings (SSSR count). The second-order valence-corrected chi connectivity index (χ2v) is 4.92. The van der Waals surface area contributed by atoms with Crippen molar-refractivity contribution in [3.05, 3.63) is 24.2 Å². The van der Waals surface area contributed by atoms with Crippen molar-refractivity contribution in [2.75, 3.05) is 13.6 Å². The van der Waals surface area contributed by atoms with Gasteiger partial charge in [-0.25, -0.2) is 0 Å². The first kappa shape index (κ1) is 12.0. The summed E-state index contributed by atoms with van der Waals surface area (Å²) in [7, 11) is 1.92. The molecule has 3 heteroatoms. The molecule has 0 radical (unpaired) electrons. The Labute approximate surface area is 91.1 Å². The van der Waals surface area contributed by atoms with E-state index in [9.17, 15) is 4.79 Å². The first-order valence-electron chi connectivity index (χ1n) is 5.14. The van der Waals surface area contributed by atoms with Crippen molar-refractivity contribution in [2.24, 2.45) is 5.41 Å². The highest BCUT2D eigenvalue weighted by Crippen LogP contribution is 2.15. The number of furan rings is 1. The summed E-state index contributed by atoms with van der Waals surface area (Å²) in [6.45, 7) is 6.96. The summed E-state index contributed by atoms with van der Waals surface area (Å²) in [5.74, 6) is 1.13. The molecule has 0 saturated carbocycles. The van der Waals surface area contributed by atoms with E-state index in [0.29, 0.717) is 13.1 Å². The Morgan fingerprint density at radius 2 is 2.13 bits per heavy atom. The highest BCUT2D eigenvalue weighted by atomic mass is 16.3. The summed E-state index contributed by atoms with van der Waals surface area (Å²) < 4.78 is 5.22. The van der Waals surface area contributed by atoms with Crippen LogP contribution >= 0.6 is 0 Å². The summed E-state index contributed by atoms with van der Waals surface area (Å²) in [5.41, 5.74) is -0.266. The van der Waals surface area contributed by atoms with Gasteiger partial charge in [-0.2, -0.15) is 0 Å². The minimum absolute atomic E-state index is 0.247. The average Bonchev–Trinajstić information content (AvgIpc) is 2.54. The molecule has 0 atom stereocenters. The number of Topliss-reactive ketones (excluding diaryl/α,β-unsaturated/α-hetero) is 1. The third-order valence-corrected chi connectivity index (χ3v) is 2.26. The molecular formula is C12H19NO2. The monoisotopic (exact) mass is 209 g/mol. The van der Waals surface area contributed by atoms with Crippen molar-refractivity contribution < 1.29 is 9.21 Å². The molecule has 0 N–H and O–H groups in total. The van der Waals surface area contributed by atoms with Gasteiger partial charge < -0.3 is 4.42 Å². The van der Waals surface area contributed by atoms with E-state index in [1.807, 2.05) is 44.9 Å². The van der Waals surface area contributed by atoms with Crippen molar-refractivity contribution >= 4 is 5.78 Å². The van der Waals surface area contributed by atoms with Gasteiger partial charge in [-0.3, -0.25) is 9.69 Å². The molecule has 0 amide bonds. The van der Waals surface area contributed by atoms with E-state index in [-0.39, 0.29) is 11.2 Å². The molecule has 1 aromatic heterocycles. The lowest BCUT2D eigenvalue weighted by molar-refractivity contribution is -0.127. The van der Waals surface area contributed by atoms with E-state index < -0.39 is 0 Å². The smallest absolute Gasteiger partial charge is 0.152 e. The zero-order chi connectivity index (χ0) is 11.5. The molecule has 84 valence electrons. The fourth-order valence-corrected chi connectivity index (χ4v) is 1.21. The summed E-state index contributed by atoms with van der Waals surface area (Å²) in [6, 6.07) is 3.77. The number of carbonyl (C=O) groups is 1. The molecule has 0 fully saturated rings. The van der Waals surface area contributed by atoms with Gasteiger partial charge in [0.15, 0.2) is 5.78 Å². The van der Waals surface area contributed by atoms with Crippen LogP contribution in [0.15, 0.2) is 22.8 Å². The molecule has 0 aromatic carbocycles. The van der Waals surface area contributed by atoms with E-state index >= 15 is 0 Å². The Hall–Kier alpha value is -1.09. The van der Waals surface area contributed by atoms with E-state index in [0.717, 1.165) is 5.76 Å². The zero-order valence-corrected chi connectivity index (χ0v) is 9.91. The average molecular weight is 209 g/mol. The largest absolute Gasteiger partial charge is 0.468 e. The number of hydrogen-bond donors (Lipinski definition) is 0. The molecule has 0 aliphatic carbocycles. The number of hydrogen-bond acceptors (Lipinski definition) is 3. The minimum Gasteiger partial charge on any atom is -0.468 e. The SMILES string of the molecule is CN(CC(=O)C(C)(C)C)Cc1ccco1. The van der Waals surface area contributed by atoms with Gasteiger partial charge in [-0.05, 0) is 19.2 Å². The summed E-state index contributed by atoms with van der Waals surface area (Å²) >= 11 is 0. The number of carbonyl (C=O) groups excluding carboxylic acids is 1. The minimum atomic E-state index is -0.266. The molecule has 0 aliphatic rings. The maximum Gasteiger partial charge on any atom is 0.152 e. The van der Waals surface area contributed by atoms with Crippen molar-refractivity contribution in [1.82, 2.24) is 4.90 Å². The van der Waals surface area contributed by atoms with Crippen LogP contribution in [0.3, 0.4) is 0 Å². The maximum atomic E-state index is 11.7. The topological polar surface area (TPSA) is 33.5 Å². The van der Waals surface area contributed by atoms with Crippen LogP contribution in [0.1, 0.15) is 26.5 Å². The Morgan fingerprint density at radius 3 is 2.60 bits per heavy atom. The molecule has 0 spiro atoms. The van der Waals surface area contributed by atoms with Crippen LogP contribution in [0, 0.1) is 5.41 Å². The Bertz CT molecular complexity index is 309. The summed E-state index contributed by atoms with van der Waals surface area (Å²) in [4.78, 5) is 13.7. The van der Waals surface area contributed by atoms with Crippen LogP contribution in [0.25, 0.3) is 0 Å². The van der Waals surface area contributed by atoms with Gasteiger partial charge in [0.1, 0.15) is 5.76 Å². The fraction of sp³-hybridized carbons (Fsp3) is 0.583. The quantitative estimate of drug-likeness (QED) is 0.763. The number of nitrogens with zero attached hydrogens (tertiary/aromatic N) is 1. The van der Waals surface area contributed by atoms with Gasteiger partial charge in [0.05, 0.1) is 19.4 Å². The summed E-state index contributed by atoms with van der Waals surface area (Å²) in [5, 5.41) is 0. The Kier molecular flexibility index (Phi) is 3.69. The maximum absolute atomic E-state index is 11.7. The zero-order valence-electron chi connectivity index (χ0n) is 9.91. The van der Waals surface area contributed by atoms with Crippen LogP contribution in [0.2, 0.25) is 0 Å². The van der Waals surface area contributed by atoms with Crippen LogP contribution in [0.4, 0.5) is 0 Å². The lowest BCUT2D eigenvalue weighted by Crippen LogP contribution is -2.33. The predicted molar refractivity (Wildman–Crippen MR) is 59.5 cm³/mol. The van der Waals surface area contributed by atoms with Gasteiger partial charge in [0.25, 0.3) is 0 Å². The van der Waals surface area contributed by atoms with E-state index in [2.05, 4.69) is 0 Å². The standard InChI is InChI=1S/C12H19NO2/c1-12(2,3)11(14)9-13(4)8-10-6-5-7-15-10/h5-7H,8-9H2,1-4H3. The third kappa shape index (κ3) is 3.88. The van der Waals surface area contributed by atoms with Crippen LogP contribution in [-0.2, 0) is 11.3 Å². The van der Waals surface area contributed by atoms with Gasteiger partial charge >= 0.3 is 0 Å². The second-order valence-electron chi connectivity index (χ2n) is 4.92. The van der Waals surface area contributed by atoms with Crippen molar-refractivity contribution in [1.29, 1.82) is 0 Å². The molecule has 1 aromatic rings. The Balaban J connectivity index is 2.43. The highest BCUT2D eigenvalue weighted by molar-refractivity contribution is 5.85. The number of ketones is 1. The Morgan fingerprint density at radius 1 is 1.47 bits per heavy atom. The molecular weight excluding hydrogens is 190 g/mol. The van der Waals surface area contributed by atoms with Crippen LogP contribution in [0.5, 0.6) is 0 Å². The third-order valence-electron chi connectivity index (χ3n) is 2.26. The molecule has 15 heavy (non-hydrogen) atoms. The van der Waals surface area contributed by atoms with Crippen LogP contribution < -0.4 is 0 Å². The molecule has 1 heterocycles. The second kappa shape index (κ2) is 4.62. The van der Waals surface area contributed by atoms with E-state index in [1.165, 1.54) is 0 Å². The van der Waals surface area contributed by atoms with Crippen molar-refractivity contribution in [2.45, 2.75) is 27.3 Å². The van der Waals surface area contributed by atoms with Crippen LogP contribution in [-0.4, -0.2) is 24.3 Å². The highest BCUT2D eigenvalue weighted by Gasteiger charge is 2.22. The first-order valence-corrected chi connectivity index (χ1v) is 5.14. The number of rotatable bonds is 4. The predicted octanol–water partition coefficient (Wildman–Crippen LogP) is 2.33. The van der Waals surface area contributed by atoms with E-state index in [1.54, 1.807) is 6.26 Å². The number of likely N-dealkylation sites (N-methyl/N-ethyl adjacent to an activating group) is 1. The first-order chi connectivity index (χ1) is 6.89. The van der Waals surface area contributed by atoms with Crippen molar-refractivity contribution in [3.63, 3.8) is 0 Å². The lowest BCUT2D eigenvalue weighted by Gasteiger charge is -2.21. The molecule has 0 bridgehead atoms. The normalized spacial score (nSPS) is 12.1. The lowest BCUT2D eigenvalue weighted by atomic mass is 9.90. The van der Waals surface area contributed by atoms with Crippen molar-refractivity contribution in [3.8, 4) is 0 Å². The summed E-state index contributed by atoms with van der Waals surface area (Å²) in [6.07, 6.45) is 1.65. The fourth-order valence-electron chi connectivity index (χ4n) is 1.21. The van der Waals surface area contributed by atoms with Gasteiger partial charge in [-0.15, -0.1) is 0 Å². The van der Waals surface area contributed by atoms with E-state index in [4.69, 9.17) is 4.42 Å². The molecule has 0 aliphatic heterocycles.